The van der Waals surface area contributed by atoms with Gasteiger partial charge in [0.15, 0.2) is 0 Å². The van der Waals surface area contributed by atoms with Crippen molar-refractivity contribution in [1.29, 1.82) is 0 Å². The van der Waals surface area contributed by atoms with Gasteiger partial charge >= 0.3 is 0 Å². The van der Waals surface area contributed by atoms with Crippen LogP contribution in [0.15, 0.2) is 53.4 Å². The average Bonchev–Trinajstić information content (AvgIpc) is 3.51. The lowest BCUT2D eigenvalue weighted by Gasteiger charge is -2.15. The molecule has 2 aromatic rings. The van der Waals surface area contributed by atoms with E-state index in [-0.39, 0.29) is 33.7 Å². The van der Waals surface area contributed by atoms with Crippen LogP contribution in [-0.4, -0.2) is 38.4 Å². The fourth-order valence-electron chi connectivity index (χ4n) is 2.51. The Hall–Kier alpha value is -2.91. The SMILES string of the molecule is COc1ccccc1C(=O)NS(=O)(=O)c1ccc(C(=O)N(N)C2CC2)cc1. The second-order valence-electron chi connectivity index (χ2n) is 6.10. The second kappa shape index (κ2) is 7.37. The Balaban J connectivity index is 1.76. The molecule has 2 aromatic carbocycles. The first-order valence-electron chi connectivity index (χ1n) is 8.22. The number of carbonyl (C=O) groups is 2. The van der Waals surface area contributed by atoms with E-state index in [9.17, 15) is 18.0 Å². The van der Waals surface area contributed by atoms with E-state index in [2.05, 4.69) is 0 Å². The van der Waals surface area contributed by atoms with E-state index in [1.54, 1.807) is 18.2 Å². The Morgan fingerprint density at radius 2 is 1.74 bits per heavy atom. The van der Waals surface area contributed by atoms with Gasteiger partial charge in [-0.15, -0.1) is 0 Å². The van der Waals surface area contributed by atoms with Crippen molar-refractivity contribution in [3.05, 3.63) is 59.7 Å². The lowest BCUT2D eigenvalue weighted by atomic mass is 10.2. The van der Waals surface area contributed by atoms with E-state index in [4.69, 9.17) is 10.6 Å². The fourth-order valence-corrected chi connectivity index (χ4v) is 3.48. The third-order valence-electron chi connectivity index (χ3n) is 4.17. The predicted molar refractivity (Wildman–Crippen MR) is 97.5 cm³/mol. The smallest absolute Gasteiger partial charge is 0.268 e. The molecule has 8 nitrogen and oxygen atoms in total. The van der Waals surface area contributed by atoms with Gasteiger partial charge in [0.25, 0.3) is 21.8 Å². The number of hydrazine groups is 1. The molecule has 0 radical (unpaired) electrons. The molecular weight excluding hydrogens is 370 g/mol. The van der Waals surface area contributed by atoms with Gasteiger partial charge in [-0.3, -0.25) is 14.6 Å². The third kappa shape index (κ3) is 4.09. The highest BCUT2D eigenvalue weighted by Gasteiger charge is 2.31. The summed E-state index contributed by atoms with van der Waals surface area (Å²) in [6.07, 6.45) is 1.73. The number of nitrogens with one attached hydrogen (secondary N) is 1. The van der Waals surface area contributed by atoms with E-state index in [0.29, 0.717) is 0 Å². The predicted octanol–water partition coefficient (Wildman–Crippen LogP) is 1.29. The Labute approximate surface area is 156 Å². The summed E-state index contributed by atoms with van der Waals surface area (Å²) >= 11 is 0. The van der Waals surface area contributed by atoms with Crippen molar-refractivity contribution in [3.63, 3.8) is 0 Å². The minimum atomic E-state index is -4.11. The number of nitrogens with two attached hydrogens (primary N) is 1. The van der Waals surface area contributed by atoms with Crippen LogP contribution in [0.3, 0.4) is 0 Å². The van der Waals surface area contributed by atoms with Crippen molar-refractivity contribution < 1.29 is 22.7 Å². The molecule has 9 heteroatoms. The van der Waals surface area contributed by atoms with Crippen LogP contribution in [0, 0.1) is 0 Å². The summed E-state index contributed by atoms with van der Waals surface area (Å²) in [7, 11) is -2.72. The number of hydrogen-bond donors (Lipinski definition) is 2. The van der Waals surface area contributed by atoms with Crippen LogP contribution in [0.2, 0.25) is 0 Å². The molecule has 0 atom stereocenters. The third-order valence-corrected chi connectivity index (χ3v) is 5.51. The maximum atomic E-state index is 12.5. The molecule has 0 saturated heterocycles. The topological polar surface area (TPSA) is 119 Å². The van der Waals surface area contributed by atoms with Gasteiger partial charge in [0.2, 0.25) is 0 Å². The highest BCUT2D eigenvalue weighted by atomic mass is 32.2. The summed E-state index contributed by atoms with van der Waals surface area (Å²) in [5.74, 6) is 4.81. The van der Waals surface area contributed by atoms with Gasteiger partial charge in [-0.2, -0.15) is 0 Å². The molecule has 1 aliphatic rings. The molecule has 142 valence electrons. The Bertz CT molecular complexity index is 969. The number of sulfonamides is 1. The van der Waals surface area contributed by atoms with Gasteiger partial charge in [-0.25, -0.2) is 19.0 Å². The van der Waals surface area contributed by atoms with Gasteiger partial charge in [0.05, 0.1) is 17.6 Å². The standard InChI is InChI=1S/C18H19N3O5S/c1-26-16-5-3-2-4-15(16)17(22)20-27(24,25)14-10-6-12(7-11-14)18(23)21(19)13-8-9-13/h2-7,10-11,13H,8-9,19H2,1H3,(H,20,22). The zero-order chi connectivity index (χ0) is 19.6. The quantitative estimate of drug-likeness (QED) is 0.437. The van der Waals surface area contributed by atoms with Crippen molar-refractivity contribution in [3.8, 4) is 5.75 Å². The largest absolute Gasteiger partial charge is 0.496 e. The lowest BCUT2D eigenvalue weighted by Crippen LogP contribution is -2.39. The summed E-state index contributed by atoms with van der Waals surface area (Å²) < 4.78 is 32.0. The molecule has 1 saturated carbocycles. The normalized spacial score (nSPS) is 13.7. The van der Waals surface area contributed by atoms with Crippen LogP contribution in [0.25, 0.3) is 0 Å². The van der Waals surface area contributed by atoms with Crippen molar-refractivity contribution >= 4 is 21.8 Å². The van der Waals surface area contributed by atoms with E-state index >= 15 is 0 Å². The molecule has 3 rings (SSSR count). The molecular formula is C18H19N3O5S. The van der Waals surface area contributed by atoms with Gasteiger partial charge in [-0.1, -0.05) is 12.1 Å². The van der Waals surface area contributed by atoms with Crippen LogP contribution in [0.5, 0.6) is 5.75 Å². The number of amides is 2. The molecule has 0 aromatic heterocycles. The first-order valence-corrected chi connectivity index (χ1v) is 9.70. The van der Waals surface area contributed by atoms with Crippen molar-refractivity contribution in [2.24, 2.45) is 5.84 Å². The van der Waals surface area contributed by atoms with Crippen LogP contribution in [0.4, 0.5) is 0 Å². The van der Waals surface area contributed by atoms with Gasteiger partial charge in [0, 0.05) is 11.6 Å². The Morgan fingerprint density at radius 1 is 1.11 bits per heavy atom. The molecule has 1 fully saturated rings. The maximum absolute atomic E-state index is 12.5. The number of ether oxygens (including phenoxy) is 1. The second-order valence-corrected chi connectivity index (χ2v) is 7.79. The molecule has 0 heterocycles. The average molecular weight is 389 g/mol. The minimum Gasteiger partial charge on any atom is -0.496 e. The summed E-state index contributed by atoms with van der Waals surface area (Å²) in [4.78, 5) is 24.4. The molecule has 0 aliphatic heterocycles. The molecule has 3 N–H and O–H groups in total. The number of hydrogen-bond acceptors (Lipinski definition) is 6. The van der Waals surface area contributed by atoms with E-state index in [1.165, 1.54) is 37.4 Å². The summed E-state index contributed by atoms with van der Waals surface area (Å²) in [5.41, 5.74) is 0.373. The van der Waals surface area contributed by atoms with Crippen LogP contribution in [0.1, 0.15) is 33.6 Å². The van der Waals surface area contributed by atoms with E-state index in [0.717, 1.165) is 17.9 Å². The Kier molecular flexibility index (Phi) is 5.15. The highest BCUT2D eigenvalue weighted by Crippen LogP contribution is 2.25. The first-order chi connectivity index (χ1) is 12.8. The van der Waals surface area contributed by atoms with Crippen molar-refractivity contribution in [2.45, 2.75) is 23.8 Å². The van der Waals surface area contributed by atoms with E-state index < -0.39 is 15.9 Å². The molecule has 2 amide bonds. The maximum Gasteiger partial charge on any atom is 0.268 e. The molecule has 27 heavy (non-hydrogen) atoms. The van der Waals surface area contributed by atoms with Crippen molar-refractivity contribution in [2.75, 3.05) is 7.11 Å². The number of methoxy groups -OCH3 is 1. The minimum absolute atomic E-state index is 0.0426. The van der Waals surface area contributed by atoms with Gasteiger partial charge in [-0.05, 0) is 49.2 Å². The number of rotatable bonds is 6. The number of para-hydroxylation sites is 1. The first kappa shape index (κ1) is 18.9. The number of nitrogens with zero attached hydrogens (tertiary/aromatic N) is 1. The molecule has 0 unspecified atom stereocenters. The summed E-state index contributed by atoms with van der Waals surface area (Å²) in [6.45, 7) is 0. The number of benzene rings is 2. The molecule has 0 bridgehead atoms. The van der Waals surface area contributed by atoms with Crippen LogP contribution in [-0.2, 0) is 10.0 Å². The Morgan fingerprint density at radius 3 is 2.33 bits per heavy atom. The molecule has 1 aliphatic carbocycles. The van der Waals surface area contributed by atoms with Crippen LogP contribution >= 0.6 is 0 Å². The van der Waals surface area contributed by atoms with Crippen LogP contribution < -0.4 is 15.3 Å². The monoisotopic (exact) mass is 389 g/mol. The number of carbonyl (C=O) groups excluding carboxylic acids is 2. The zero-order valence-electron chi connectivity index (χ0n) is 14.6. The van der Waals surface area contributed by atoms with Gasteiger partial charge < -0.3 is 4.74 Å². The van der Waals surface area contributed by atoms with E-state index in [1.807, 2.05) is 4.72 Å². The highest BCUT2D eigenvalue weighted by molar-refractivity contribution is 7.90. The summed E-state index contributed by atoms with van der Waals surface area (Å²) in [5, 5.41) is 1.16. The summed E-state index contributed by atoms with van der Waals surface area (Å²) in [6, 6.07) is 11.6. The fraction of sp³-hybridized carbons (Fsp3) is 0.222. The van der Waals surface area contributed by atoms with Crippen molar-refractivity contribution in [1.82, 2.24) is 9.73 Å². The van der Waals surface area contributed by atoms with Gasteiger partial charge in [0.1, 0.15) is 5.75 Å². The molecule has 0 spiro atoms. The lowest BCUT2D eigenvalue weighted by molar-refractivity contribution is 0.0742. The zero-order valence-corrected chi connectivity index (χ0v) is 15.4.